The minimum Gasteiger partial charge on any atom is -0.444 e. The Labute approximate surface area is 126 Å². The summed E-state index contributed by atoms with van der Waals surface area (Å²) >= 11 is 0. The van der Waals surface area contributed by atoms with E-state index in [0.29, 0.717) is 13.1 Å². The number of ether oxygens (including phenoxy) is 1. The molecule has 4 nitrogen and oxygen atoms in total. The molecule has 1 N–H and O–H groups in total. The van der Waals surface area contributed by atoms with E-state index >= 15 is 0 Å². The van der Waals surface area contributed by atoms with Gasteiger partial charge < -0.3 is 14.7 Å². The average molecular weight is 291 g/mol. The number of nitrogens with zero attached hydrogens (tertiary/aromatic N) is 1. The van der Waals surface area contributed by atoms with Crippen LogP contribution in [0.15, 0.2) is 12.1 Å². The van der Waals surface area contributed by atoms with Crippen LogP contribution in [0.2, 0.25) is 0 Å². The lowest BCUT2D eigenvalue weighted by molar-refractivity contribution is 0.0258. The van der Waals surface area contributed by atoms with Gasteiger partial charge in [-0.15, -0.1) is 0 Å². The van der Waals surface area contributed by atoms with Gasteiger partial charge in [0.15, 0.2) is 0 Å². The second-order valence-electron chi connectivity index (χ2n) is 6.61. The molecule has 0 spiro atoms. The van der Waals surface area contributed by atoms with Gasteiger partial charge in [0.25, 0.3) is 0 Å². The second-order valence-corrected chi connectivity index (χ2v) is 6.61. The van der Waals surface area contributed by atoms with Crippen LogP contribution in [-0.2, 0) is 24.2 Å². The van der Waals surface area contributed by atoms with Gasteiger partial charge in [0.1, 0.15) is 5.60 Å². The van der Waals surface area contributed by atoms with E-state index in [1.54, 1.807) is 4.90 Å². The van der Waals surface area contributed by atoms with Gasteiger partial charge in [-0.2, -0.15) is 0 Å². The van der Waals surface area contributed by atoms with Crippen LogP contribution in [0.5, 0.6) is 0 Å². The standard InChI is InChI=1S/C17H25NO3/c1-12-14(11-19)6-5-13-7-9-18(10-8-15(12)13)16(20)21-17(2,3)4/h5-6,19H,7-11H2,1-4H3. The first kappa shape index (κ1) is 15.8. The van der Waals surface area contributed by atoms with Crippen LogP contribution in [0.3, 0.4) is 0 Å². The number of hydrogen-bond acceptors (Lipinski definition) is 3. The first-order chi connectivity index (χ1) is 9.81. The molecular weight excluding hydrogens is 266 g/mol. The number of benzene rings is 1. The maximum Gasteiger partial charge on any atom is 0.410 e. The Morgan fingerprint density at radius 1 is 1.29 bits per heavy atom. The Morgan fingerprint density at radius 3 is 2.57 bits per heavy atom. The maximum absolute atomic E-state index is 12.2. The number of carbonyl (C=O) groups excluding carboxylic acids is 1. The third-order valence-electron chi connectivity index (χ3n) is 3.91. The first-order valence-electron chi connectivity index (χ1n) is 7.51. The summed E-state index contributed by atoms with van der Waals surface area (Å²) in [5, 5.41) is 9.37. The summed E-state index contributed by atoms with van der Waals surface area (Å²) in [7, 11) is 0. The van der Waals surface area contributed by atoms with Crippen molar-refractivity contribution in [1.82, 2.24) is 4.90 Å². The molecular formula is C17H25NO3. The van der Waals surface area contributed by atoms with Crippen LogP contribution in [0.4, 0.5) is 4.79 Å². The van der Waals surface area contributed by atoms with Crippen molar-refractivity contribution in [2.45, 2.75) is 52.7 Å². The second kappa shape index (κ2) is 6.06. The molecule has 2 rings (SSSR count). The molecule has 1 aromatic rings. The van der Waals surface area contributed by atoms with E-state index in [2.05, 4.69) is 6.07 Å². The number of fused-ring (bicyclic) bond motifs is 1. The molecule has 0 bridgehead atoms. The van der Waals surface area contributed by atoms with Crippen LogP contribution in [0.1, 0.15) is 43.0 Å². The Bertz CT molecular complexity index is 532. The van der Waals surface area contributed by atoms with Crippen molar-refractivity contribution >= 4 is 6.09 Å². The molecule has 0 aromatic heterocycles. The molecule has 0 saturated heterocycles. The van der Waals surface area contributed by atoms with Gasteiger partial charge in [0, 0.05) is 13.1 Å². The Balaban J connectivity index is 2.14. The molecule has 1 aliphatic rings. The van der Waals surface area contributed by atoms with Crippen LogP contribution < -0.4 is 0 Å². The van der Waals surface area contributed by atoms with Gasteiger partial charge in [-0.05, 0) is 62.8 Å². The molecule has 0 fully saturated rings. The smallest absolute Gasteiger partial charge is 0.410 e. The number of amides is 1. The molecule has 0 radical (unpaired) electrons. The van der Waals surface area contributed by atoms with Gasteiger partial charge in [-0.3, -0.25) is 0 Å². The Kier molecular flexibility index (Phi) is 4.57. The quantitative estimate of drug-likeness (QED) is 0.865. The van der Waals surface area contributed by atoms with Gasteiger partial charge in [0.05, 0.1) is 6.61 Å². The number of aliphatic hydroxyl groups excluding tert-OH is 1. The minimum atomic E-state index is -0.462. The van der Waals surface area contributed by atoms with Gasteiger partial charge in [-0.25, -0.2) is 4.79 Å². The number of rotatable bonds is 1. The first-order valence-corrected chi connectivity index (χ1v) is 7.51. The van der Waals surface area contributed by atoms with E-state index in [1.165, 1.54) is 11.1 Å². The fourth-order valence-electron chi connectivity index (χ4n) is 2.74. The van der Waals surface area contributed by atoms with Crippen molar-refractivity contribution < 1.29 is 14.6 Å². The Morgan fingerprint density at radius 2 is 1.95 bits per heavy atom. The largest absolute Gasteiger partial charge is 0.444 e. The average Bonchev–Trinajstić information content (AvgIpc) is 2.60. The van der Waals surface area contributed by atoms with E-state index in [-0.39, 0.29) is 12.7 Å². The van der Waals surface area contributed by atoms with Crippen LogP contribution >= 0.6 is 0 Å². The lowest BCUT2D eigenvalue weighted by atomic mass is 9.94. The van der Waals surface area contributed by atoms with E-state index in [0.717, 1.165) is 24.0 Å². The molecule has 0 saturated carbocycles. The van der Waals surface area contributed by atoms with Gasteiger partial charge in [-0.1, -0.05) is 12.1 Å². The fraction of sp³-hybridized carbons (Fsp3) is 0.588. The summed E-state index contributed by atoms with van der Waals surface area (Å²) in [5.41, 5.74) is 4.21. The highest BCUT2D eigenvalue weighted by Gasteiger charge is 2.24. The fourth-order valence-corrected chi connectivity index (χ4v) is 2.74. The molecule has 1 heterocycles. The molecule has 21 heavy (non-hydrogen) atoms. The van der Waals surface area contributed by atoms with Crippen molar-refractivity contribution in [1.29, 1.82) is 0 Å². The predicted molar refractivity (Wildman–Crippen MR) is 82.3 cm³/mol. The lowest BCUT2D eigenvalue weighted by Gasteiger charge is -2.26. The SMILES string of the molecule is Cc1c(CO)ccc2c1CCN(C(=O)OC(C)(C)C)CC2. The van der Waals surface area contributed by atoms with Crippen LogP contribution in [-0.4, -0.2) is 34.8 Å². The molecule has 0 unspecified atom stereocenters. The monoisotopic (exact) mass is 291 g/mol. The van der Waals surface area contributed by atoms with Gasteiger partial charge >= 0.3 is 6.09 Å². The predicted octanol–water partition coefficient (Wildman–Crippen LogP) is 2.82. The summed E-state index contributed by atoms with van der Waals surface area (Å²) in [5.74, 6) is 0. The summed E-state index contributed by atoms with van der Waals surface area (Å²) in [6.45, 7) is 9.11. The normalized spacial score (nSPS) is 15.4. The van der Waals surface area contributed by atoms with Crippen molar-refractivity contribution in [3.8, 4) is 0 Å². The maximum atomic E-state index is 12.2. The zero-order valence-electron chi connectivity index (χ0n) is 13.4. The summed E-state index contributed by atoms with van der Waals surface area (Å²) in [6.07, 6.45) is 1.41. The highest BCUT2D eigenvalue weighted by Crippen LogP contribution is 2.23. The van der Waals surface area contributed by atoms with Crippen LogP contribution in [0.25, 0.3) is 0 Å². The lowest BCUT2D eigenvalue weighted by Crippen LogP contribution is -2.38. The minimum absolute atomic E-state index is 0.0644. The van der Waals surface area contributed by atoms with E-state index in [1.807, 2.05) is 33.8 Å². The van der Waals surface area contributed by atoms with Crippen molar-refractivity contribution in [2.24, 2.45) is 0 Å². The zero-order chi connectivity index (χ0) is 15.6. The van der Waals surface area contributed by atoms with Crippen molar-refractivity contribution in [2.75, 3.05) is 13.1 Å². The highest BCUT2D eigenvalue weighted by atomic mass is 16.6. The molecule has 0 aliphatic carbocycles. The number of aliphatic hydroxyl groups is 1. The topological polar surface area (TPSA) is 49.8 Å². The third-order valence-corrected chi connectivity index (χ3v) is 3.91. The molecule has 1 aromatic carbocycles. The number of carbonyl (C=O) groups is 1. The van der Waals surface area contributed by atoms with E-state index in [9.17, 15) is 9.90 Å². The van der Waals surface area contributed by atoms with E-state index < -0.39 is 5.60 Å². The molecule has 116 valence electrons. The molecule has 4 heteroatoms. The van der Waals surface area contributed by atoms with E-state index in [4.69, 9.17) is 4.74 Å². The zero-order valence-corrected chi connectivity index (χ0v) is 13.4. The molecule has 0 atom stereocenters. The highest BCUT2D eigenvalue weighted by molar-refractivity contribution is 5.68. The number of hydrogen-bond donors (Lipinski definition) is 1. The molecule has 1 aliphatic heterocycles. The Hall–Kier alpha value is -1.55. The van der Waals surface area contributed by atoms with Gasteiger partial charge in [0.2, 0.25) is 0 Å². The van der Waals surface area contributed by atoms with Crippen molar-refractivity contribution in [3.63, 3.8) is 0 Å². The molecule has 1 amide bonds. The third kappa shape index (κ3) is 3.76. The van der Waals surface area contributed by atoms with Crippen molar-refractivity contribution in [3.05, 3.63) is 34.4 Å². The summed E-state index contributed by atoms with van der Waals surface area (Å²) < 4.78 is 5.45. The summed E-state index contributed by atoms with van der Waals surface area (Å²) in [4.78, 5) is 14.0. The summed E-state index contributed by atoms with van der Waals surface area (Å²) in [6, 6.07) is 4.06. The van der Waals surface area contributed by atoms with Crippen LogP contribution in [0, 0.1) is 6.92 Å².